The number of fused-ring (bicyclic) bond motifs is 4. The van der Waals surface area contributed by atoms with Crippen LogP contribution in [0.5, 0.6) is 11.5 Å². The Bertz CT molecular complexity index is 1670. The van der Waals surface area contributed by atoms with Crippen LogP contribution in [0.1, 0.15) is 38.8 Å². The predicted octanol–water partition coefficient (Wildman–Crippen LogP) is 4.47. The Morgan fingerprint density at radius 2 is 1.73 bits per heavy atom. The summed E-state index contributed by atoms with van der Waals surface area (Å²) in [4.78, 5) is 36.5. The van der Waals surface area contributed by atoms with E-state index in [2.05, 4.69) is 35.1 Å². The summed E-state index contributed by atoms with van der Waals surface area (Å²) in [7, 11) is 2.07. The highest BCUT2D eigenvalue weighted by Crippen LogP contribution is 2.42. The van der Waals surface area contributed by atoms with Crippen LogP contribution in [-0.4, -0.2) is 78.1 Å². The number of amides is 2. The maximum Gasteiger partial charge on any atom is 0.253 e. The standard InChI is InChI=1S/C33H32N4O4/c1-35-15-17-36(18-16-35)33(39)24-6-4-5-22(19-24)9-12-30(38)37-14-13-26-25-7-2-3-8-27(25)34-31(26)32(37)23-10-11-28-29(20-23)41-21-40-28/h2-12,19-20,32,34H,13-18,21H2,1H3/b12-9+. The Hall–Kier alpha value is -4.56. The summed E-state index contributed by atoms with van der Waals surface area (Å²) >= 11 is 0. The molecule has 1 N–H and O–H groups in total. The number of rotatable bonds is 4. The number of piperazine rings is 1. The van der Waals surface area contributed by atoms with Gasteiger partial charge in [0.25, 0.3) is 5.91 Å². The van der Waals surface area contributed by atoms with Crippen LogP contribution in [0.3, 0.4) is 0 Å². The van der Waals surface area contributed by atoms with Crippen molar-refractivity contribution in [2.45, 2.75) is 12.5 Å². The number of carbonyl (C=O) groups is 2. The molecule has 41 heavy (non-hydrogen) atoms. The molecule has 4 aromatic rings. The number of nitrogens with one attached hydrogen (secondary N) is 1. The largest absolute Gasteiger partial charge is 0.454 e. The monoisotopic (exact) mass is 548 g/mol. The van der Waals surface area contributed by atoms with Crippen molar-refractivity contribution in [1.82, 2.24) is 19.7 Å². The molecule has 7 rings (SSSR count). The number of para-hydroxylation sites is 1. The van der Waals surface area contributed by atoms with Gasteiger partial charge in [-0.05, 0) is 66.6 Å². The van der Waals surface area contributed by atoms with E-state index in [4.69, 9.17) is 9.47 Å². The molecule has 8 nitrogen and oxygen atoms in total. The van der Waals surface area contributed by atoms with Crippen molar-refractivity contribution in [2.24, 2.45) is 0 Å². The minimum Gasteiger partial charge on any atom is -0.454 e. The highest BCUT2D eigenvalue weighted by atomic mass is 16.7. The number of hydrogen-bond acceptors (Lipinski definition) is 5. The van der Waals surface area contributed by atoms with E-state index in [1.54, 1.807) is 12.2 Å². The Balaban J connectivity index is 1.18. The molecule has 1 unspecified atom stereocenters. The molecule has 0 spiro atoms. The summed E-state index contributed by atoms with van der Waals surface area (Å²) < 4.78 is 11.2. The van der Waals surface area contributed by atoms with Gasteiger partial charge in [-0.15, -0.1) is 0 Å². The fourth-order valence-corrected chi connectivity index (χ4v) is 6.14. The first-order valence-corrected chi connectivity index (χ1v) is 14.1. The summed E-state index contributed by atoms with van der Waals surface area (Å²) in [5.74, 6) is 1.35. The van der Waals surface area contributed by atoms with Gasteiger partial charge in [-0.25, -0.2) is 0 Å². The van der Waals surface area contributed by atoms with Crippen LogP contribution in [0, 0.1) is 0 Å². The number of nitrogens with zero attached hydrogens (tertiary/aromatic N) is 3. The van der Waals surface area contributed by atoms with Crippen LogP contribution >= 0.6 is 0 Å². The Morgan fingerprint density at radius 3 is 2.61 bits per heavy atom. The topological polar surface area (TPSA) is 78.1 Å². The van der Waals surface area contributed by atoms with Crippen molar-refractivity contribution in [3.63, 3.8) is 0 Å². The van der Waals surface area contributed by atoms with E-state index in [9.17, 15) is 9.59 Å². The van der Waals surface area contributed by atoms with Crippen LogP contribution < -0.4 is 9.47 Å². The number of ether oxygens (including phenoxy) is 2. The summed E-state index contributed by atoms with van der Waals surface area (Å²) in [6.07, 6.45) is 4.18. The lowest BCUT2D eigenvalue weighted by molar-refractivity contribution is -0.128. The van der Waals surface area contributed by atoms with Gasteiger partial charge < -0.3 is 29.2 Å². The average Bonchev–Trinajstić information content (AvgIpc) is 3.64. The second-order valence-electron chi connectivity index (χ2n) is 10.9. The van der Waals surface area contributed by atoms with Crippen LogP contribution in [0.2, 0.25) is 0 Å². The molecule has 1 fully saturated rings. The molecule has 0 saturated carbocycles. The minimum absolute atomic E-state index is 0.0323. The van der Waals surface area contributed by atoms with E-state index in [0.29, 0.717) is 23.6 Å². The van der Waals surface area contributed by atoms with E-state index in [1.807, 2.05) is 58.3 Å². The smallest absolute Gasteiger partial charge is 0.253 e. The molecule has 2 amide bonds. The van der Waals surface area contributed by atoms with E-state index in [-0.39, 0.29) is 24.6 Å². The highest BCUT2D eigenvalue weighted by Gasteiger charge is 2.34. The number of aromatic amines is 1. The third-order valence-corrected chi connectivity index (χ3v) is 8.37. The van der Waals surface area contributed by atoms with Crippen molar-refractivity contribution in [1.29, 1.82) is 0 Å². The maximum absolute atomic E-state index is 13.8. The van der Waals surface area contributed by atoms with Gasteiger partial charge >= 0.3 is 0 Å². The van der Waals surface area contributed by atoms with Gasteiger partial charge in [0.2, 0.25) is 12.7 Å². The quantitative estimate of drug-likeness (QED) is 0.381. The second kappa shape index (κ2) is 10.4. The number of H-pyrrole nitrogens is 1. The Morgan fingerprint density at radius 1 is 0.902 bits per heavy atom. The van der Waals surface area contributed by atoms with Gasteiger partial charge in [-0.3, -0.25) is 9.59 Å². The summed E-state index contributed by atoms with van der Waals surface area (Å²) in [5.41, 5.74) is 5.76. The Labute approximate surface area is 238 Å². The fourth-order valence-electron chi connectivity index (χ4n) is 6.14. The third-order valence-electron chi connectivity index (χ3n) is 8.37. The first-order valence-electron chi connectivity index (χ1n) is 14.1. The Kier molecular flexibility index (Phi) is 6.47. The van der Waals surface area contributed by atoms with Gasteiger partial charge in [-0.2, -0.15) is 0 Å². The summed E-state index contributed by atoms with van der Waals surface area (Å²) in [6.45, 7) is 3.97. The number of benzene rings is 3. The zero-order valence-electron chi connectivity index (χ0n) is 23.0. The van der Waals surface area contributed by atoms with E-state index in [1.165, 1.54) is 10.9 Å². The lowest BCUT2D eigenvalue weighted by atomic mass is 9.92. The molecule has 8 heteroatoms. The lowest BCUT2D eigenvalue weighted by Gasteiger charge is -2.35. The molecule has 208 valence electrons. The first-order chi connectivity index (χ1) is 20.0. The molecular formula is C33H32N4O4. The zero-order chi connectivity index (χ0) is 27.9. The zero-order valence-corrected chi connectivity index (χ0v) is 23.0. The molecule has 3 aliphatic heterocycles. The molecule has 0 aliphatic carbocycles. The molecule has 1 saturated heterocycles. The summed E-state index contributed by atoms with van der Waals surface area (Å²) in [5, 5.41) is 1.19. The fraction of sp³-hybridized carbons (Fsp3) is 0.273. The van der Waals surface area contributed by atoms with E-state index in [0.717, 1.165) is 54.9 Å². The third kappa shape index (κ3) is 4.74. The van der Waals surface area contributed by atoms with Crippen LogP contribution in [0.15, 0.2) is 72.8 Å². The van der Waals surface area contributed by atoms with Crippen molar-refractivity contribution in [3.8, 4) is 11.5 Å². The molecule has 1 aromatic heterocycles. The molecule has 0 radical (unpaired) electrons. The van der Waals surface area contributed by atoms with Crippen LogP contribution in [0.25, 0.3) is 17.0 Å². The molecule has 1 atom stereocenters. The van der Waals surface area contributed by atoms with Crippen molar-refractivity contribution in [2.75, 3.05) is 46.6 Å². The second-order valence-corrected chi connectivity index (χ2v) is 10.9. The molecule has 3 aromatic carbocycles. The van der Waals surface area contributed by atoms with Gasteiger partial charge in [0.1, 0.15) is 0 Å². The highest BCUT2D eigenvalue weighted by molar-refractivity contribution is 5.96. The van der Waals surface area contributed by atoms with E-state index < -0.39 is 0 Å². The van der Waals surface area contributed by atoms with Crippen molar-refractivity contribution < 1.29 is 19.1 Å². The van der Waals surface area contributed by atoms with Crippen LogP contribution in [-0.2, 0) is 11.2 Å². The summed E-state index contributed by atoms with van der Waals surface area (Å²) in [6, 6.07) is 21.4. The van der Waals surface area contributed by atoms with Crippen molar-refractivity contribution >= 4 is 28.8 Å². The molecule has 4 heterocycles. The number of carbonyl (C=O) groups excluding carboxylic acids is 2. The molecule has 0 bridgehead atoms. The van der Waals surface area contributed by atoms with E-state index >= 15 is 0 Å². The van der Waals surface area contributed by atoms with Crippen LogP contribution in [0.4, 0.5) is 0 Å². The average molecular weight is 549 g/mol. The van der Waals surface area contributed by atoms with Crippen molar-refractivity contribution in [3.05, 3.63) is 101 Å². The first kappa shape index (κ1) is 25.4. The minimum atomic E-state index is -0.303. The van der Waals surface area contributed by atoms with Gasteiger partial charge in [0.15, 0.2) is 11.5 Å². The van der Waals surface area contributed by atoms with Gasteiger partial charge in [-0.1, -0.05) is 36.4 Å². The lowest BCUT2D eigenvalue weighted by Crippen LogP contribution is -2.47. The SMILES string of the molecule is CN1CCN(C(=O)c2cccc(/C=C/C(=O)N3CCc4c([nH]c5ccccc45)C3c3ccc4c(c3)OCO4)c2)CC1. The molecule has 3 aliphatic rings. The normalized spacial score (nSPS) is 18.7. The number of likely N-dealkylation sites (N-methyl/N-ethyl adjacent to an activating group) is 1. The predicted molar refractivity (Wildman–Crippen MR) is 157 cm³/mol. The maximum atomic E-state index is 13.8. The van der Waals surface area contributed by atoms with Gasteiger partial charge in [0, 0.05) is 61.0 Å². The molecular weight excluding hydrogens is 516 g/mol. The van der Waals surface area contributed by atoms with Gasteiger partial charge in [0.05, 0.1) is 6.04 Å². The number of hydrogen-bond donors (Lipinski definition) is 1. The number of aromatic nitrogens is 1.